The van der Waals surface area contributed by atoms with E-state index < -0.39 is 5.91 Å². The standard InChI is InChI=1S/C9H9BrN6O/c1-4-5(2-3-6(10)12-4)13-8(17)7-14-9(11)16-15-7/h2-3H,1H3,(H,13,17)(H3,11,14,15,16). The lowest BCUT2D eigenvalue weighted by atomic mass is 10.3. The molecular weight excluding hydrogens is 288 g/mol. The summed E-state index contributed by atoms with van der Waals surface area (Å²) in [6, 6.07) is 3.47. The van der Waals surface area contributed by atoms with Gasteiger partial charge in [0.2, 0.25) is 11.8 Å². The maximum absolute atomic E-state index is 11.7. The molecule has 0 radical (unpaired) electrons. The Kier molecular flexibility index (Phi) is 3.05. The average molecular weight is 297 g/mol. The van der Waals surface area contributed by atoms with E-state index in [0.717, 1.165) is 0 Å². The van der Waals surface area contributed by atoms with Crippen molar-refractivity contribution in [2.45, 2.75) is 6.92 Å². The molecule has 0 aliphatic rings. The van der Waals surface area contributed by atoms with E-state index in [4.69, 9.17) is 5.73 Å². The number of anilines is 2. The minimum atomic E-state index is -0.415. The lowest BCUT2D eigenvalue weighted by molar-refractivity contribution is 0.101. The molecule has 0 aromatic carbocycles. The maximum Gasteiger partial charge on any atom is 0.293 e. The van der Waals surface area contributed by atoms with Crippen molar-refractivity contribution < 1.29 is 4.79 Å². The Morgan fingerprint density at radius 1 is 1.47 bits per heavy atom. The van der Waals surface area contributed by atoms with Gasteiger partial charge in [-0.1, -0.05) is 0 Å². The van der Waals surface area contributed by atoms with Crippen molar-refractivity contribution >= 4 is 33.5 Å². The fourth-order valence-electron chi connectivity index (χ4n) is 1.22. The van der Waals surface area contributed by atoms with Gasteiger partial charge in [0.15, 0.2) is 0 Å². The van der Waals surface area contributed by atoms with E-state index in [2.05, 4.69) is 41.4 Å². The Morgan fingerprint density at radius 3 is 2.82 bits per heavy atom. The highest BCUT2D eigenvalue weighted by Gasteiger charge is 2.12. The van der Waals surface area contributed by atoms with E-state index in [1.165, 1.54) is 0 Å². The SMILES string of the molecule is Cc1nc(Br)ccc1NC(=O)c1nc(N)n[nH]1. The smallest absolute Gasteiger partial charge is 0.293 e. The molecule has 0 fully saturated rings. The number of aryl methyl sites for hydroxylation is 1. The van der Waals surface area contributed by atoms with Crippen molar-refractivity contribution in [3.05, 3.63) is 28.3 Å². The number of nitrogens with one attached hydrogen (secondary N) is 2. The molecule has 4 N–H and O–H groups in total. The fourth-order valence-corrected chi connectivity index (χ4v) is 1.62. The number of nitrogen functional groups attached to an aromatic ring is 1. The maximum atomic E-state index is 11.7. The second kappa shape index (κ2) is 4.50. The number of nitrogens with zero attached hydrogens (tertiary/aromatic N) is 3. The molecule has 1 amide bonds. The number of H-pyrrole nitrogens is 1. The van der Waals surface area contributed by atoms with Crippen LogP contribution in [0.3, 0.4) is 0 Å². The van der Waals surface area contributed by atoms with Gasteiger partial charge < -0.3 is 11.1 Å². The number of amides is 1. The van der Waals surface area contributed by atoms with Gasteiger partial charge in [0.1, 0.15) is 4.60 Å². The predicted molar refractivity (Wildman–Crippen MR) is 65.4 cm³/mol. The minimum absolute atomic E-state index is 0.0285. The Morgan fingerprint density at radius 2 is 2.24 bits per heavy atom. The van der Waals surface area contributed by atoms with Crippen molar-refractivity contribution in [2.24, 2.45) is 0 Å². The van der Waals surface area contributed by atoms with Crippen molar-refractivity contribution in [1.29, 1.82) is 0 Å². The first-order valence-electron chi connectivity index (χ1n) is 4.68. The van der Waals surface area contributed by atoms with Crippen LogP contribution in [-0.2, 0) is 0 Å². The van der Waals surface area contributed by atoms with Crippen LogP contribution in [0, 0.1) is 6.92 Å². The first kappa shape index (κ1) is 11.5. The van der Waals surface area contributed by atoms with Gasteiger partial charge >= 0.3 is 0 Å². The third-order valence-corrected chi connectivity index (χ3v) is 2.46. The molecule has 0 unspecified atom stereocenters. The van der Waals surface area contributed by atoms with Gasteiger partial charge in [0.25, 0.3) is 5.91 Å². The van der Waals surface area contributed by atoms with E-state index in [1.54, 1.807) is 19.1 Å². The first-order valence-corrected chi connectivity index (χ1v) is 5.48. The largest absolute Gasteiger partial charge is 0.366 e. The van der Waals surface area contributed by atoms with Gasteiger partial charge in [-0.2, -0.15) is 4.98 Å². The van der Waals surface area contributed by atoms with Crippen LogP contribution in [0.2, 0.25) is 0 Å². The summed E-state index contributed by atoms with van der Waals surface area (Å²) >= 11 is 3.24. The number of carbonyl (C=O) groups excluding carboxylic acids is 1. The van der Waals surface area contributed by atoms with Crippen molar-refractivity contribution in [1.82, 2.24) is 20.2 Å². The number of carbonyl (C=O) groups is 1. The molecular formula is C9H9BrN6O. The molecule has 0 bridgehead atoms. The zero-order chi connectivity index (χ0) is 12.4. The molecule has 17 heavy (non-hydrogen) atoms. The van der Waals surface area contributed by atoms with Crippen LogP contribution in [0.15, 0.2) is 16.7 Å². The lowest BCUT2D eigenvalue weighted by Crippen LogP contribution is -2.15. The van der Waals surface area contributed by atoms with Gasteiger partial charge in [0, 0.05) is 0 Å². The van der Waals surface area contributed by atoms with Crippen molar-refractivity contribution in [3.63, 3.8) is 0 Å². The molecule has 0 saturated carbocycles. The van der Waals surface area contributed by atoms with E-state index in [9.17, 15) is 4.79 Å². The predicted octanol–water partition coefficient (Wildman–Crippen LogP) is 1.11. The molecule has 2 aromatic rings. The zero-order valence-corrected chi connectivity index (χ0v) is 10.4. The molecule has 88 valence electrons. The molecule has 0 atom stereocenters. The number of aromatic amines is 1. The van der Waals surface area contributed by atoms with Crippen LogP contribution in [-0.4, -0.2) is 26.1 Å². The van der Waals surface area contributed by atoms with Crippen molar-refractivity contribution in [2.75, 3.05) is 11.1 Å². The van der Waals surface area contributed by atoms with Crippen LogP contribution in [0.5, 0.6) is 0 Å². The average Bonchev–Trinajstić information content (AvgIpc) is 2.69. The highest BCUT2D eigenvalue weighted by atomic mass is 79.9. The normalized spacial score (nSPS) is 10.2. The van der Waals surface area contributed by atoms with Crippen LogP contribution < -0.4 is 11.1 Å². The molecule has 7 nitrogen and oxygen atoms in total. The van der Waals surface area contributed by atoms with Gasteiger partial charge in [-0.25, -0.2) is 4.98 Å². The second-order valence-corrected chi connectivity index (χ2v) is 4.08. The molecule has 0 saturated heterocycles. The van der Waals surface area contributed by atoms with Gasteiger partial charge in [-0.05, 0) is 35.0 Å². The number of hydrogen-bond acceptors (Lipinski definition) is 5. The zero-order valence-electron chi connectivity index (χ0n) is 8.86. The van der Waals surface area contributed by atoms with Gasteiger partial charge in [-0.15, -0.1) is 5.10 Å². The number of hydrogen-bond donors (Lipinski definition) is 3. The third kappa shape index (κ3) is 2.59. The quantitative estimate of drug-likeness (QED) is 0.719. The lowest BCUT2D eigenvalue weighted by Gasteiger charge is -2.05. The summed E-state index contributed by atoms with van der Waals surface area (Å²) < 4.78 is 0.705. The van der Waals surface area contributed by atoms with Crippen LogP contribution in [0.1, 0.15) is 16.3 Å². The number of nitrogens with two attached hydrogens (primary N) is 1. The number of halogens is 1. The number of pyridine rings is 1. The highest BCUT2D eigenvalue weighted by Crippen LogP contribution is 2.16. The third-order valence-electron chi connectivity index (χ3n) is 2.02. The van der Waals surface area contributed by atoms with Gasteiger partial charge in [0.05, 0.1) is 11.4 Å². The monoisotopic (exact) mass is 296 g/mol. The second-order valence-electron chi connectivity index (χ2n) is 3.26. The molecule has 0 aliphatic heterocycles. The summed E-state index contributed by atoms with van der Waals surface area (Å²) in [5, 5.41) is 8.66. The first-order chi connectivity index (χ1) is 8.06. The van der Waals surface area contributed by atoms with Crippen LogP contribution in [0.25, 0.3) is 0 Å². The van der Waals surface area contributed by atoms with Crippen LogP contribution in [0.4, 0.5) is 11.6 Å². The molecule has 0 aliphatic carbocycles. The number of aromatic nitrogens is 4. The summed E-state index contributed by atoms with van der Waals surface area (Å²) in [5.74, 6) is -0.327. The van der Waals surface area contributed by atoms with Gasteiger partial charge in [-0.3, -0.25) is 9.89 Å². The fraction of sp³-hybridized carbons (Fsp3) is 0.111. The summed E-state index contributed by atoms with van der Waals surface area (Å²) in [6.07, 6.45) is 0. The summed E-state index contributed by atoms with van der Waals surface area (Å²) in [5.41, 5.74) is 6.61. The summed E-state index contributed by atoms with van der Waals surface area (Å²) in [4.78, 5) is 19.6. The molecule has 8 heteroatoms. The molecule has 2 heterocycles. The van der Waals surface area contributed by atoms with Crippen molar-refractivity contribution in [3.8, 4) is 0 Å². The summed E-state index contributed by atoms with van der Waals surface area (Å²) in [7, 11) is 0. The minimum Gasteiger partial charge on any atom is -0.366 e. The molecule has 2 rings (SSSR count). The molecule has 2 aromatic heterocycles. The van der Waals surface area contributed by atoms with E-state index >= 15 is 0 Å². The van der Waals surface area contributed by atoms with E-state index in [-0.39, 0.29) is 11.8 Å². The van der Waals surface area contributed by atoms with E-state index in [1.807, 2.05) is 0 Å². The Balaban J connectivity index is 2.18. The summed E-state index contributed by atoms with van der Waals surface area (Å²) in [6.45, 7) is 1.79. The highest BCUT2D eigenvalue weighted by molar-refractivity contribution is 9.10. The number of rotatable bonds is 2. The Bertz CT molecular complexity index is 566. The topological polar surface area (TPSA) is 110 Å². The molecule has 0 spiro atoms. The Hall–Kier alpha value is -1.96. The Labute approximate surface area is 105 Å². The van der Waals surface area contributed by atoms with Crippen LogP contribution >= 0.6 is 15.9 Å². The van der Waals surface area contributed by atoms with E-state index in [0.29, 0.717) is 16.0 Å².